The van der Waals surface area contributed by atoms with E-state index in [4.69, 9.17) is 4.74 Å². The molecule has 0 bridgehead atoms. The van der Waals surface area contributed by atoms with Gasteiger partial charge in [-0.05, 0) is 26.3 Å². The molecule has 25 heavy (non-hydrogen) atoms. The first kappa shape index (κ1) is 17.1. The number of benzene rings is 1. The number of aryl methyl sites for hydroxylation is 3. The van der Waals surface area contributed by atoms with Crippen molar-refractivity contribution in [3.63, 3.8) is 0 Å². The highest BCUT2D eigenvalue weighted by Crippen LogP contribution is 2.28. The average Bonchev–Trinajstić information content (AvgIpc) is 2.92. The maximum atomic E-state index is 12.3. The van der Waals surface area contributed by atoms with E-state index in [1.54, 1.807) is 17.8 Å². The molecule has 0 spiro atoms. The number of aromatic nitrogens is 3. The molecule has 6 nitrogen and oxygen atoms in total. The fourth-order valence-electron chi connectivity index (χ4n) is 2.92. The van der Waals surface area contributed by atoms with E-state index < -0.39 is 0 Å². The standard InChI is InChI=1S/C19H22N4O2/c1-12-6-5-7-15(10-12)17-13(2)22-23-14(3)16(11-21-18(17)23)19(24)20-8-9-25-4/h5-7,10-11H,8-9H2,1-4H3,(H,20,24). The zero-order chi connectivity index (χ0) is 18.0. The van der Waals surface area contributed by atoms with E-state index in [1.165, 1.54) is 5.56 Å². The van der Waals surface area contributed by atoms with Crippen LogP contribution in [0.3, 0.4) is 0 Å². The molecule has 1 aromatic carbocycles. The number of fused-ring (bicyclic) bond motifs is 1. The molecular formula is C19H22N4O2. The molecule has 0 aliphatic rings. The van der Waals surface area contributed by atoms with Gasteiger partial charge in [-0.3, -0.25) is 4.79 Å². The first-order valence-electron chi connectivity index (χ1n) is 8.22. The van der Waals surface area contributed by atoms with Crippen molar-refractivity contribution in [3.8, 4) is 11.1 Å². The van der Waals surface area contributed by atoms with Crippen molar-refractivity contribution in [1.82, 2.24) is 19.9 Å². The summed E-state index contributed by atoms with van der Waals surface area (Å²) in [6, 6.07) is 8.26. The highest BCUT2D eigenvalue weighted by molar-refractivity contribution is 5.95. The van der Waals surface area contributed by atoms with Crippen molar-refractivity contribution in [1.29, 1.82) is 0 Å². The number of hydrogen-bond donors (Lipinski definition) is 1. The van der Waals surface area contributed by atoms with Crippen LogP contribution in [-0.2, 0) is 4.74 Å². The molecule has 130 valence electrons. The Labute approximate surface area is 146 Å². The Hall–Kier alpha value is -2.73. The topological polar surface area (TPSA) is 68.5 Å². The molecule has 0 radical (unpaired) electrons. The predicted molar refractivity (Wildman–Crippen MR) is 96.8 cm³/mol. The molecule has 2 aromatic heterocycles. The first-order chi connectivity index (χ1) is 12.0. The molecule has 1 N–H and O–H groups in total. The summed E-state index contributed by atoms with van der Waals surface area (Å²) < 4.78 is 6.71. The van der Waals surface area contributed by atoms with E-state index in [0.29, 0.717) is 18.7 Å². The molecule has 1 amide bonds. The summed E-state index contributed by atoms with van der Waals surface area (Å²) in [5.74, 6) is -0.172. The summed E-state index contributed by atoms with van der Waals surface area (Å²) >= 11 is 0. The van der Waals surface area contributed by atoms with Crippen molar-refractivity contribution in [2.75, 3.05) is 20.3 Å². The highest BCUT2D eigenvalue weighted by atomic mass is 16.5. The third-order valence-electron chi connectivity index (χ3n) is 4.20. The van der Waals surface area contributed by atoms with Gasteiger partial charge in [0.25, 0.3) is 5.91 Å². The monoisotopic (exact) mass is 338 g/mol. The molecule has 0 atom stereocenters. The van der Waals surface area contributed by atoms with Crippen LogP contribution >= 0.6 is 0 Å². The van der Waals surface area contributed by atoms with Gasteiger partial charge in [0.2, 0.25) is 0 Å². The summed E-state index contributed by atoms with van der Waals surface area (Å²) in [4.78, 5) is 16.9. The second kappa shape index (κ2) is 7.03. The van der Waals surface area contributed by atoms with E-state index in [-0.39, 0.29) is 5.91 Å². The molecular weight excluding hydrogens is 316 g/mol. The van der Waals surface area contributed by atoms with Crippen LogP contribution in [0.5, 0.6) is 0 Å². The van der Waals surface area contributed by atoms with Gasteiger partial charge in [-0.15, -0.1) is 0 Å². The van der Waals surface area contributed by atoms with Crippen molar-refractivity contribution < 1.29 is 9.53 Å². The van der Waals surface area contributed by atoms with Crippen LogP contribution in [0.2, 0.25) is 0 Å². The quantitative estimate of drug-likeness (QED) is 0.726. The summed E-state index contributed by atoms with van der Waals surface area (Å²) in [5.41, 5.74) is 6.19. The number of nitrogens with one attached hydrogen (secondary N) is 1. The summed E-state index contributed by atoms with van der Waals surface area (Å²) in [6.45, 7) is 6.83. The lowest BCUT2D eigenvalue weighted by Gasteiger charge is -2.08. The van der Waals surface area contributed by atoms with Crippen LogP contribution in [0.25, 0.3) is 16.8 Å². The van der Waals surface area contributed by atoms with Gasteiger partial charge in [0.1, 0.15) is 0 Å². The molecule has 3 rings (SSSR count). The van der Waals surface area contributed by atoms with Gasteiger partial charge >= 0.3 is 0 Å². The largest absolute Gasteiger partial charge is 0.383 e. The maximum absolute atomic E-state index is 12.3. The minimum atomic E-state index is -0.172. The summed E-state index contributed by atoms with van der Waals surface area (Å²) in [7, 11) is 1.60. The second-order valence-electron chi connectivity index (χ2n) is 6.07. The van der Waals surface area contributed by atoms with Gasteiger partial charge in [0.05, 0.1) is 23.6 Å². The Bertz CT molecular complexity index is 931. The Morgan fingerprint density at radius 2 is 2.08 bits per heavy atom. The molecule has 0 fully saturated rings. The Morgan fingerprint density at radius 3 is 2.80 bits per heavy atom. The third kappa shape index (κ3) is 3.25. The lowest BCUT2D eigenvalue weighted by molar-refractivity contribution is 0.0935. The number of rotatable bonds is 5. The van der Waals surface area contributed by atoms with Gasteiger partial charge in [0, 0.05) is 25.4 Å². The Balaban J connectivity index is 2.05. The van der Waals surface area contributed by atoms with Crippen LogP contribution < -0.4 is 5.32 Å². The molecule has 0 saturated carbocycles. The highest BCUT2D eigenvalue weighted by Gasteiger charge is 2.18. The van der Waals surface area contributed by atoms with Crippen LogP contribution in [0.1, 0.15) is 27.3 Å². The lowest BCUT2D eigenvalue weighted by Crippen LogP contribution is -2.28. The first-order valence-corrected chi connectivity index (χ1v) is 8.22. The minimum absolute atomic E-state index is 0.172. The van der Waals surface area contributed by atoms with E-state index >= 15 is 0 Å². The fraction of sp³-hybridized carbons (Fsp3) is 0.316. The van der Waals surface area contributed by atoms with Crippen LogP contribution in [-0.4, -0.2) is 40.8 Å². The molecule has 2 heterocycles. The average molecular weight is 338 g/mol. The van der Waals surface area contributed by atoms with Crippen LogP contribution in [0, 0.1) is 20.8 Å². The SMILES string of the molecule is COCCNC(=O)c1cnc2c(-c3cccc(C)c3)c(C)nn2c1C. The van der Waals surface area contributed by atoms with Crippen molar-refractivity contribution in [3.05, 3.63) is 53.0 Å². The number of amides is 1. The van der Waals surface area contributed by atoms with Gasteiger partial charge in [-0.25, -0.2) is 9.50 Å². The van der Waals surface area contributed by atoms with Crippen molar-refractivity contribution >= 4 is 11.6 Å². The van der Waals surface area contributed by atoms with Gasteiger partial charge in [0.15, 0.2) is 5.65 Å². The van der Waals surface area contributed by atoms with E-state index in [2.05, 4.69) is 40.5 Å². The number of nitrogens with zero attached hydrogens (tertiary/aromatic N) is 3. The number of hydrogen-bond acceptors (Lipinski definition) is 4. The van der Waals surface area contributed by atoms with Gasteiger partial charge in [-0.1, -0.05) is 29.8 Å². The minimum Gasteiger partial charge on any atom is -0.383 e. The maximum Gasteiger partial charge on any atom is 0.254 e. The van der Waals surface area contributed by atoms with Crippen molar-refractivity contribution in [2.45, 2.75) is 20.8 Å². The zero-order valence-electron chi connectivity index (χ0n) is 15.0. The number of methoxy groups -OCH3 is 1. The van der Waals surface area contributed by atoms with Crippen LogP contribution in [0.4, 0.5) is 0 Å². The predicted octanol–water partition coefficient (Wildman–Crippen LogP) is 2.70. The fourth-order valence-corrected chi connectivity index (χ4v) is 2.92. The Kier molecular flexibility index (Phi) is 4.81. The normalized spacial score (nSPS) is 11.0. The molecule has 6 heteroatoms. The number of carbonyl (C=O) groups excluding carboxylic acids is 1. The van der Waals surface area contributed by atoms with Gasteiger partial charge < -0.3 is 10.1 Å². The third-order valence-corrected chi connectivity index (χ3v) is 4.20. The molecule has 0 aliphatic heterocycles. The Morgan fingerprint density at radius 1 is 1.28 bits per heavy atom. The lowest BCUT2D eigenvalue weighted by atomic mass is 10.0. The molecule has 3 aromatic rings. The molecule has 0 saturated heterocycles. The summed E-state index contributed by atoms with van der Waals surface area (Å²) in [6.07, 6.45) is 1.62. The molecule has 0 aliphatic carbocycles. The summed E-state index contributed by atoms with van der Waals surface area (Å²) in [5, 5.41) is 7.43. The van der Waals surface area contributed by atoms with Gasteiger partial charge in [-0.2, -0.15) is 5.10 Å². The molecule has 0 unspecified atom stereocenters. The number of carbonyl (C=O) groups is 1. The van der Waals surface area contributed by atoms with Crippen molar-refractivity contribution in [2.24, 2.45) is 0 Å². The zero-order valence-corrected chi connectivity index (χ0v) is 15.0. The van der Waals surface area contributed by atoms with E-state index in [9.17, 15) is 4.79 Å². The second-order valence-corrected chi connectivity index (χ2v) is 6.07. The smallest absolute Gasteiger partial charge is 0.254 e. The van der Waals surface area contributed by atoms with E-state index in [1.807, 2.05) is 19.9 Å². The number of ether oxygens (including phenoxy) is 1. The van der Waals surface area contributed by atoms with Crippen LogP contribution in [0.15, 0.2) is 30.5 Å². The van der Waals surface area contributed by atoms with E-state index in [0.717, 1.165) is 28.2 Å².